The molecule has 0 bridgehead atoms. The standard InChI is InChI=1S/C18H17FN2O2S/c1-23-16-7-3-5-14(11-16)17(22)21-9-8-20-18(21)24-12-13-4-2-6-15(19)10-13/h2-7,10-11H,8-9,12H2,1H3. The molecule has 4 nitrogen and oxygen atoms in total. The van der Waals surface area contributed by atoms with E-state index in [0.29, 0.717) is 35.3 Å². The molecule has 0 radical (unpaired) electrons. The first kappa shape index (κ1) is 16.5. The number of thioether (sulfide) groups is 1. The summed E-state index contributed by atoms with van der Waals surface area (Å²) >= 11 is 1.44. The normalized spacial score (nSPS) is 13.8. The van der Waals surface area contributed by atoms with E-state index in [1.165, 1.54) is 23.9 Å². The molecule has 124 valence electrons. The molecule has 24 heavy (non-hydrogen) atoms. The summed E-state index contributed by atoms with van der Waals surface area (Å²) in [5, 5.41) is 0.673. The van der Waals surface area contributed by atoms with Crippen LogP contribution in [0.1, 0.15) is 15.9 Å². The Morgan fingerprint density at radius 1 is 1.29 bits per heavy atom. The summed E-state index contributed by atoms with van der Waals surface area (Å²) in [4.78, 5) is 18.8. The van der Waals surface area contributed by atoms with E-state index in [4.69, 9.17) is 4.74 Å². The second kappa shape index (κ2) is 7.49. The fraction of sp³-hybridized carbons (Fsp3) is 0.222. The summed E-state index contributed by atoms with van der Waals surface area (Å²) in [6.07, 6.45) is 0. The number of benzene rings is 2. The second-order valence-electron chi connectivity index (χ2n) is 5.27. The maximum atomic E-state index is 13.2. The average molecular weight is 344 g/mol. The van der Waals surface area contributed by atoms with Crippen molar-refractivity contribution in [3.63, 3.8) is 0 Å². The monoisotopic (exact) mass is 344 g/mol. The molecule has 1 aliphatic rings. The zero-order valence-corrected chi connectivity index (χ0v) is 14.1. The van der Waals surface area contributed by atoms with Crippen molar-refractivity contribution in [3.8, 4) is 5.75 Å². The Balaban J connectivity index is 1.69. The van der Waals surface area contributed by atoms with Crippen molar-refractivity contribution in [1.29, 1.82) is 0 Å². The highest BCUT2D eigenvalue weighted by molar-refractivity contribution is 8.13. The lowest BCUT2D eigenvalue weighted by atomic mass is 10.2. The van der Waals surface area contributed by atoms with Gasteiger partial charge in [0.1, 0.15) is 11.6 Å². The van der Waals surface area contributed by atoms with Gasteiger partial charge in [0.05, 0.1) is 13.7 Å². The number of amides is 1. The van der Waals surface area contributed by atoms with Gasteiger partial charge in [-0.3, -0.25) is 14.7 Å². The molecule has 0 saturated heterocycles. The molecule has 0 saturated carbocycles. The first-order valence-electron chi connectivity index (χ1n) is 7.55. The molecule has 1 aliphatic heterocycles. The highest BCUT2D eigenvalue weighted by atomic mass is 32.2. The Morgan fingerprint density at radius 2 is 2.12 bits per heavy atom. The number of nitrogens with zero attached hydrogens (tertiary/aromatic N) is 2. The van der Waals surface area contributed by atoms with Gasteiger partial charge in [0.25, 0.3) is 5.91 Å². The second-order valence-corrected chi connectivity index (χ2v) is 6.21. The van der Waals surface area contributed by atoms with Gasteiger partial charge in [0.2, 0.25) is 0 Å². The Morgan fingerprint density at radius 3 is 2.92 bits per heavy atom. The van der Waals surface area contributed by atoms with E-state index in [-0.39, 0.29) is 11.7 Å². The topological polar surface area (TPSA) is 41.9 Å². The number of hydrogen-bond acceptors (Lipinski definition) is 4. The van der Waals surface area contributed by atoms with E-state index in [1.807, 2.05) is 6.07 Å². The summed E-state index contributed by atoms with van der Waals surface area (Å²) in [5.41, 5.74) is 1.43. The number of carbonyl (C=O) groups is 1. The lowest BCUT2D eigenvalue weighted by Gasteiger charge is -2.18. The summed E-state index contributed by atoms with van der Waals surface area (Å²) in [6, 6.07) is 13.5. The van der Waals surface area contributed by atoms with Crippen LogP contribution in [0.4, 0.5) is 4.39 Å². The molecule has 0 atom stereocenters. The summed E-state index contributed by atoms with van der Waals surface area (Å²) in [6.45, 7) is 1.14. The molecule has 2 aromatic carbocycles. The Hall–Kier alpha value is -2.34. The molecular weight excluding hydrogens is 327 g/mol. The van der Waals surface area contributed by atoms with Crippen LogP contribution in [-0.2, 0) is 5.75 Å². The van der Waals surface area contributed by atoms with Gasteiger partial charge < -0.3 is 4.74 Å². The van der Waals surface area contributed by atoms with Crippen LogP contribution < -0.4 is 4.74 Å². The smallest absolute Gasteiger partial charge is 0.260 e. The molecule has 0 aromatic heterocycles. The average Bonchev–Trinajstić information content (AvgIpc) is 3.08. The number of halogens is 1. The van der Waals surface area contributed by atoms with E-state index in [1.54, 1.807) is 42.3 Å². The minimum atomic E-state index is -0.259. The Labute approximate surface area is 144 Å². The molecule has 0 spiro atoms. The Kier molecular flexibility index (Phi) is 5.15. The number of ether oxygens (including phenoxy) is 1. The molecule has 0 N–H and O–H groups in total. The van der Waals surface area contributed by atoms with Crippen molar-refractivity contribution in [1.82, 2.24) is 4.90 Å². The van der Waals surface area contributed by atoms with E-state index >= 15 is 0 Å². The van der Waals surface area contributed by atoms with Gasteiger partial charge >= 0.3 is 0 Å². The van der Waals surface area contributed by atoms with Crippen molar-refractivity contribution in [2.45, 2.75) is 5.75 Å². The van der Waals surface area contributed by atoms with Gasteiger partial charge in [-0.25, -0.2) is 4.39 Å². The van der Waals surface area contributed by atoms with E-state index < -0.39 is 0 Å². The maximum absolute atomic E-state index is 13.2. The highest BCUT2D eigenvalue weighted by Gasteiger charge is 2.25. The fourth-order valence-corrected chi connectivity index (χ4v) is 3.41. The van der Waals surface area contributed by atoms with Gasteiger partial charge in [0, 0.05) is 17.9 Å². The number of carbonyl (C=O) groups excluding carboxylic acids is 1. The fourth-order valence-electron chi connectivity index (χ4n) is 2.43. The van der Waals surface area contributed by atoms with Crippen LogP contribution in [0, 0.1) is 5.82 Å². The highest BCUT2D eigenvalue weighted by Crippen LogP contribution is 2.23. The zero-order chi connectivity index (χ0) is 16.9. The van der Waals surface area contributed by atoms with Crippen LogP contribution in [0.2, 0.25) is 0 Å². The van der Waals surface area contributed by atoms with Crippen LogP contribution in [0.5, 0.6) is 5.75 Å². The van der Waals surface area contributed by atoms with Crippen molar-refractivity contribution in [2.75, 3.05) is 20.2 Å². The van der Waals surface area contributed by atoms with Crippen LogP contribution in [0.25, 0.3) is 0 Å². The van der Waals surface area contributed by atoms with Crippen LogP contribution in [0.3, 0.4) is 0 Å². The van der Waals surface area contributed by atoms with E-state index in [2.05, 4.69) is 4.99 Å². The third kappa shape index (κ3) is 3.76. The predicted octanol–water partition coefficient (Wildman–Crippen LogP) is 3.58. The number of hydrogen-bond donors (Lipinski definition) is 0. The van der Waals surface area contributed by atoms with E-state index in [9.17, 15) is 9.18 Å². The molecular formula is C18H17FN2O2S. The van der Waals surface area contributed by atoms with Crippen molar-refractivity contribution < 1.29 is 13.9 Å². The van der Waals surface area contributed by atoms with Gasteiger partial charge in [-0.2, -0.15) is 0 Å². The van der Waals surface area contributed by atoms with Gasteiger partial charge in [-0.15, -0.1) is 0 Å². The largest absolute Gasteiger partial charge is 0.497 e. The quantitative estimate of drug-likeness (QED) is 0.851. The number of amidine groups is 1. The molecule has 1 heterocycles. The number of rotatable bonds is 4. The third-order valence-corrected chi connectivity index (χ3v) is 4.71. The number of aliphatic imine (C=N–C) groups is 1. The minimum absolute atomic E-state index is 0.100. The molecule has 0 unspecified atom stereocenters. The van der Waals surface area contributed by atoms with Crippen molar-refractivity contribution in [3.05, 3.63) is 65.5 Å². The van der Waals surface area contributed by atoms with Crippen LogP contribution in [-0.4, -0.2) is 36.2 Å². The molecule has 2 aromatic rings. The van der Waals surface area contributed by atoms with Crippen LogP contribution in [0.15, 0.2) is 53.5 Å². The van der Waals surface area contributed by atoms with Crippen molar-refractivity contribution >= 4 is 22.8 Å². The van der Waals surface area contributed by atoms with Crippen LogP contribution >= 0.6 is 11.8 Å². The lowest BCUT2D eigenvalue weighted by Crippen LogP contribution is -2.32. The summed E-state index contributed by atoms with van der Waals surface area (Å²) < 4.78 is 18.4. The maximum Gasteiger partial charge on any atom is 0.260 e. The third-order valence-electron chi connectivity index (χ3n) is 3.62. The number of methoxy groups -OCH3 is 1. The SMILES string of the molecule is COc1cccc(C(=O)N2CCN=C2SCc2cccc(F)c2)c1. The molecule has 0 aliphatic carbocycles. The first-order chi connectivity index (χ1) is 11.7. The lowest BCUT2D eigenvalue weighted by molar-refractivity contribution is 0.0860. The first-order valence-corrected chi connectivity index (χ1v) is 8.53. The predicted molar refractivity (Wildman–Crippen MR) is 94.0 cm³/mol. The van der Waals surface area contributed by atoms with Crippen molar-refractivity contribution in [2.24, 2.45) is 4.99 Å². The van der Waals surface area contributed by atoms with E-state index in [0.717, 1.165) is 5.56 Å². The van der Waals surface area contributed by atoms with Gasteiger partial charge in [-0.05, 0) is 35.9 Å². The molecule has 0 fully saturated rings. The molecule has 6 heteroatoms. The van der Waals surface area contributed by atoms with Gasteiger partial charge in [0.15, 0.2) is 5.17 Å². The summed E-state index contributed by atoms with van der Waals surface area (Å²) in [5.74, 6) is 0.854. The molecule has 3 rings (SSSR count). The zero-order valence-electron chi connectivity index (χ0n) is 13.2. The minimum Gasteiger partial charge on any atom is -0.497 e. The van der Waals surface area contributed by atoms with Gasteiger partial charge in [-0.1, -0.05) is 30.0 Å². The summed E-state index contributed by atoms with van der Waals surface area (Å²) in [7, 11) is 1.57. The molecule has 1 amide bonds. The Bertz CT molecular complexity index is 779.